The van der Waals surface area contributed by atoms with Crippen molar-refractivity contribution in [2.45, 2.75) is 0 Å². The van der Waals surface area contributed by atoms with Crippen LogP contribution in [0.4, 0.5) is 0 Å². The summed E-state index contributed by atoms with van der Waals surface area (Å²) in [5.41, 5.74) is 6.18. The smallest absolute Gasteiger partial charge is 0.135 e. The third-order valence-corrected chi connectivity index (χ3v) is 4.41. The van der Waals surface area contributed by atoms with Crippen LogP contribution in [-0.2, 0) is 0 Å². The molecule has 3 heteroatoms. The molecule has 2 heterocycles. The topological polar surface area (TPSA) is 38.9 Å². The van der Waals surface area contributed by atoms with Gasteiger partial charge in [-0.2, -0.15) is 0 Å². The van der Waals surface area contributed by atoms with Gasteiger partial charge in [0.25, 0.3) is 0 Å². The van der Waals surface area contributed by atoms with Crippen LogP contribution < -0.4 is 0 Å². The molecule has 3 aromatic carbocycles. The molecule has 0 saturated carbocycles. The van der Waals surface area contributed by atoms with Crippen LogP contribution in [0.15, 0.2) is 83.8 Å². The lowest BCUT2D eigenvalue weighted by Crippen LogP contribution is -1.81. The summed E-state index contributed by atoms with van der Waals surface area (Å²) in [6.45, 7) is 0. The summed E-state index contributed by atoms with van der Waals surface area (Å²) in [7, 11) is 0. The number of hydrogen-bond acceptors (Lipinski definition) is 3. The molecule has 0 amide bonds. The molecule has 0 aliphatic rings. The third-order valence-electron chi connectivity index (χ3n) is 4.41. The molecule has 117 valence electrons. The first kappa shape index (κ1) is 13.9. The summed E-state index contributed by atoms with van der Waals surface area (Å²) in [6.07, 6.45) is 5.18. The van der Waals surface area contributed by atoms with E-state index in [0.717, 1.165) is 38.6 Å². The fourth-order valence-corrected chi connectivity index (χ4v) is 3.16. The molecule has 3 nitrogen and oxygen atoms in total. The van der Waals surface area contributed by atoms with Crippen LogP contribution in [0.2, 0.25) is 0 Å². The maximum Gasteiger partial charge on any atom is 0.135 e. The lowest BCUT2D eigenvalue weighted by atomic mass is 10.0. The number of nitrogens with zero attached hydrogens (tertiary/aromatic N) is 2. The van der Waals surface area contributed by atoms with Crippen molar-refractivity contribution in [2.75, 3.05) is 0 Å². The van der Waals surface area contributed by atoms with Gasteiger partial charge in [0, 0.05) is 28.7 Å². The second-order valence-electron chi connectivity index (χ2n) is 5.94. The van der Waals surface area contributed by atoms with Gasteiger partial charge in [-0.15, -0.1) is 0 Å². The largest absolute Gasteiger partial charge is 0.456 e. The number of fused-ring (bicyclic) bond motifs is 3. The number of aromatic nitrogens is 2. The van der Waals surface area contributed by atoms with E-state index in [9.17, 15) is 0 Å². The average Bonchev–Trinajstić information content (AvgIpc) is 3.06. The van der Waals surface area contributed by atoms with Crippen molar-refractivity contribution >= 4 is 21.9 Å². The monoisotopic (exact) mass is 321 g/mol. The molecular formula is C22H13N2O. The molecule has 0 N–H and O–H groups in total. The second-order valence-corrected chi connectivity index (χ2v) is 5.94. The number of benzene rings is 3. The molecule has 5 rings (SSSR count). The van der Waals surface area contributed by atoms with Gasteiger partial charge in [0.05, 0.1) is 0 Å². The Kier molecular flexibility index (Phi) is 3.10. The van der Waals surface area contributed by atoms with Crippen molar-refractivity contribution in [1.82, 2.24) is 9.97 Å². The van der Waals surface area contributed by atoms with E-state index in [2.05, 4.69) is 46.4 Å². The van der Waals surface area contributed by atoms with Gasteiger partial charge in [0.2, 0.25) is 0 Å². The minimum atomic E-state index is 0.883. The van der Waals surface area contributed by atoms with Crippen molar-refractivity contribution in [3.63, 3.8) is 0 Å². The minimum absolute atomic E-state index is 0.883. The van der Waals surface area contributed by atoms with Gasteiger partial charge >= 0.3 is 0 Å². The predicted octanol–water partition coefficient (Wildman–Crippen LogP) is 5.51. The molecule has 1 radical (unpaired) electrons. The van der Waals surface area contributed by atoms with Gasteiger partial charge in [-0.1, -0.05) is 36.4 Å². The van der Waals surface area contributed by atoms with Crippen molar-refractivity contribution in [3.8, 4) is 22.3 Å². The van der Waals surface area contributed by atoms with Gasteiger partial charge in [0.1, 0.15) is 17.5 Å². The van der Waals surface area contributed by atoms with Gasteiger partial charge in [0.15, 0.2) is 0 Å². The normalized spacial score (nSPS) is 11.2. The van der Waals surface area contributed by atoms with E-state index in [-0.39, 0.29) is 0 Å². The quantitative estimate of drug-likeness (QED) is 0.430. The van der Waals surface area contributed by atoms with Crippen molar-refractivity contribution in [3.05, 3.63) is 85.5 Å². The number of furan rings is 1. The van der Waals surface area contributed by atoms with Crippen LogP contribution in [0.25, 0.3) is 44.2 Å². The lowest BCUT2D eigenvalue weighted by Gasteiger charge is -2.02. The van der Waals surface area contributed by atoms with Crippen molar-refractivity contribution < 1.29 is 4.42 Å². The summed E-state index contributed by atoms with van der Waals surface area (Å²) >= 11 is 0. The highest BCUT2D eigenvalue weighted by Crippen LogP contribution is 2.34. The lowest BCUT2D eigenvalue weighted by molar-refractivity contribution is 0.669. The van der Waals surface area contributed by atoms with Crippen LogP contribution in [0, 0.1) is 6.07 Å². The van der Waals surface area contributed by atoms with E-state index >= 15 is 0 Å². The first-order valence-electron chi connectivity index (χ1n) is 8.07. The Morgan fingerprint density at radius 3 is 1.88 bits per heavy atom. The third kappa shape index (κ3) is 2.37. The maximum atomic E-state index is 6.00. The van der Waals surface area contributed by atoms with Crippen LogP contribution in [0.1, 0.15) is 0 Å². The van der Waals surface area contributed by atoms with Crippen LogP contribution >= 0.6 is 0 Å². The highest BCUT2D eigenvalue weighted by molar-refractivity contribution is 6.07. The second kappa shape index (κ2) is 5.56. The summed E-state index contributed by atoms with van der Waals surface area (Å²) in [5.74, 6) is 0. The van der Waals surface area contributed by atoms with Gasteiger partial charge in [-0.25, -0.2) is 9.97 Å². The number of hydrogen-bond donors (Lipinski definition) is 0. The Bertz CT molecular complexity index is 1080. The number of rotatable bonds is 2. The Balaban J connectivity index is 1.73. The molecule has 0 spiro atoms. The fraction of sp³-hybridized carbons (Fsp3) is 0. The van der Waals surface area contributed by atoms with E-state index in [1.807, 2.05) is 42.7 Å². The first-order chi connectivity index (χ1) is 12.4. The molecule has 0 unspecified atom stereocenters. The van der Waals surface area contributed by atoms with Crippen LogP contribution in [0.5, 0.6) is 0 Å². The van der Waals surface area contributed by atoms with Gasteiger partial charge in [-0.05, 0) is 47.0 Å². The van der Waals surface area contributed by atoms with Gasteiger partial charge in [-0.3, -0.25) is 0 Å². The van der Waals surface area contributed by atoms with Crippen LogP contribution in [0.3, 0.4) is 0 Å². The average molecular weight is 321 g/mol. The van der Waals surface area contributed by atoms with E-state index in [4.69, 9.17) is 4.42 Å². The standard InChI is InChI=1S/C22H13N2O/c1-2-4-15(5-3-1)16-6-8-21-19(10-16)20-11-17(7-9-22(20)25-21)18-12-23-14-24-13-18/h2-14H. The molecule has 2 aromatic heterocycles. The van der Waals surface area contributed by atoms with Gasteiger partial charge < -0.3 is 4.42 Å². The summed E-state index contributed by atoms with van der Waals surface area (Å²) < 4.78 is 6.00. The van der Waals surface area contributed by atoms with Crippen LogP contribution in [-0.4, -0.2) is 9.97 Å². The summed E-state index contributed by atoms with van der Waals surface area (Å²) in [4.78, 5) is 8.21. The Morgan fingerprint density at radius 1 is 0.640 bits per heavy atom. The van der Waals surface area contributed by atoms with E-state index in [0.29, 0.717) is 0 Å². The molecule has 5 aromatic rings. The van der Waals surface area contributed by atoms with E-state index in [1.165, 1.54) is 5.56 Å². The molecule has 0 bridgehead atoms. The fourth-order valence-electron chi connectivity index (χ4n) is 3.16. The molecule has 0 atom stereocenters. The van der Waals surface area contributed by atoms with Crippen molar-refractivity contribution in [1.29, 1.82) is 0 Å². The zero-order valence-electron chi connectivity index (χ0n) is 13.3. The molecule has 0 fully saturated rings. The summed E-state index contributed by atoms with van der Waals surface area (Å²) in [6, 6.07) is 23.5. The minimum Gasteiger partial charge on any atom is -0.456 e. The molecular weight excluding hydrogens is 308 g/mol. The molecule has 0 saturated heterocycles. The van der Waals surface area contributed by atoms with E-state index < -0.39 is 0 Å². The van der Waals surface area contributed by atoms with Crippen molar-refractivity contribution in [2.24, 2.45) is 0 Å². The zero-order valence-corrected chi connectivity index (χ0v) is 13.3. The molecule has 0 aliphatic heterocycles. The summed E-state index contributed by atoms with van der Waals surface area (Å²) in [5, 5.41) is 2.21. The SMILES string of the molecule is [c]1ccc(-c2ccc3oc4ccc(-c5cncnc5)cc4c3c2)cc1. The van der Waals surface area contributed by atoms with E-state index in [1.54, 1.807) is 6.33 Å². The first-order valence-corrected chi connectivity index (χ1v) is 8.07. The Morgan fingerprint density at radius 2 is 1.24 bits per heavy atom. The Labute approximate surface area is 144 Å². The highest BCUT2D eigenvalue weighted by atomic mass is 16.3. The highest BCUT2D eigenvalue weighted by Gasteiger charge is 2.10. The molecule has 25 heavy (non-hydrogen) atoms. The maximum absolute atomic E-state index is 6.00. The predicted molar refractivity (Wildman–Crippen MR) is 99.0 cm³/mol. The zero-order chi connectivity index (χ0) is 16.6. The molecule has 0 aliphatic carbocycles. The Hall–Kier alpha value is -3.46.